The monoisotopic (exact) mass is 424 g/mol. The maximum atomic E-state index is 13.1. The molecule has 0 bridgehead atoms. The lowest BCUT2D eigenvalue weighted by Gasteiger charge is -2.33. The first kappa shape index (κ1) is 20.7. The van der Waals surface area contributed by atoms with Gasteiger partial charge in [0.1, 0.15) is 10.8 Å². The number of halogens is 1. The van der Waals surface area contributed by atoms with Crippen molar-refractivity contribution in [2.24, 2.45) is 0 Å². The van der Waals surface area contributed by atoms with Crippen LogP contribution in [0, 0.1) is 12.7 Å². The number of carbonyl (C=O) groups is 1. The van der Waals surface area contributed by atoms with Crippen LogP contribution >= 0.6 is 11.3 Å². The van der Waals surface area contributed by atoms with Crippen molar-refractivity contribution in [3.63, 3.8) is 0 Å². The zero-order valence-electron chi connectivity index (χ0n) is 17.0. The van der Waals surface area contributed by atoms with Gasteiger partial charge in [-0.1, -0.05) is 17.7 Å². The van der Waals surface area contributed by atoms with Crippen LogP contribution in [0.1, 0.15) is 10.6 Å². The zero-order chi connectivity index (χ0) is 20.9. The SMILES string of the molecule is Cc1ccc(NC(=O)CN2CCN(Cc3nc(-c4ccc(F)cc4)cs3)CC2)cc1. The van der Waals surface area contributed by atoms with E-state index in [1.54, 1.807) is 23.5 Å². The van der Waals surface area contributed by atoms with Crippen molar-refractivity contribution < 1.29 is 9.18 Å². The summed E-state index contributed by atoms with van der Waals surface area (Å²) >= 11 is 1.63. The highest BCUT2D eigenvalue weighted by atomic mass is 32.1. The van der Waals surface area contributed by atoms with E-state index < -0.39 is 0 Å². The van der Waals surface area contributed by atoms with E-state index >= 15 is 0 Å². The third-order valence-electron chi connectivity index (χ3n) is 5.22. The predicted octanol–water partition coefficient (Wildman–Crippen LogP) is 4.01. The molecule has 5 nitrogen and oxygen atoms in total. The topological polar surface area (TPSA) is 48.5 Å². The molecule has 1 amide bonds. The van der Waals surface area contributed by atoms with Gasteiger partial charge in [-0.3, -0.25) is 14.6 Å². The van der Waals surface area contributed by atoms with Gasteiger partial charge in [0.05, 0.1) is 18.8 Å². The van der Waals surface area contributed by atoms with Crippen LogP contribution in [0.5, 0.6) is 0 Å². The van der Waals surface area contributed by atoms with E-state index in [1.165, 1.54) is 17.7 Å². The van der Waals surface area contributed by atoms with Gasteiger partial charge in [-0.25, -0.2) is 9.37 Å². The highest BCUT2D eigenvalue weighted by molar-refractivity contribution is 7.09. The molecular formula is C23H25FN4OS. The molecule has 1 aliphatic heterocycles. The van der Waals surface area contributed by atoms with Gasteiger partial charge in [0.2, 0.25) is 5.91 Å². The Kier molecular flexibility index (Phi) is 6.52. The summed E-state index contributed by atoms with van der Waals surface area (Å²) in [7, 11) is 0. The number of benzene rings is 2. The van der Waals surface area contributed by atoms with Gasteiger partial charge in [0, 0.05) is 42.8 Å². The van der Waals surface area contributed by atoms with Gasteiger partial charge in [-0.2, -0.15) is 0 Å². The molecule has 2 heterocycles. The standard InChI is InChI=1S/C23H25FN4OS/c1-17-2-8-20(9-3-17)25-22(29)14-27-10-12-28(13-11-27)15-23-26-21(16-30-23)18-4-6-19(24)7-5-18/h2-9,16H,10-15H2,1H3,(H,25,29). The van der Waals surface area contributed by atoms with Crippen LogP contribution in [-0.4, -0.2) is 53.4 Å². The van der Waals surface area contributed by atoms with Crippen LogP contribution in [-0.2, 0) is 11.3 Å². The van der Waals surface area contributed by atoms with Crippen molar-refractivity contribution in [2.75, 3.05) is 38.0 Å². The van der Waals surface area contributed by atoms with E-state index in [4.69, 9.17) is 4.98 Å². The maximum Gasteiger partial charge on any atom is 0.238 e. The fourth-order valence-corrected chi connectivity index (χ4v) is 4.32. The molecule has 1 aromatic heterocycles. The average molecular weight is 425 g/mol. The summed E-state index contributed by atoms with van der Waals surface area (Å²) in [5.74, 6) is -0.212. The Labute approximate surface area is 180 Å². The third kappa shape index (κ3) is 5.50. The van der Waals surface area contributed by atoms with Gasteiger partial charge in [0.15, 0.2) is 0 Å². The lowest BCUT2D eigenvalue weighted by atomic mass is 10.2. The van der Waals surface area contributed by atoms with Crippen LogP contribution in [0.3, 0.4) is 0 Å². The van der Waals surface area contributed by atoms with Crippen molar-refractivity contribution >= 4 is 22.9 Å². The van der Waals surface area contributed by atoms with Crippen LogP contribution in [0.15, 0.2) is 53.9 Å². The minimum Gasteiger partial charge on any atom is -0.325 e. The number of anilines is 1. The first-order valence-electron chi connectivity index (χ1n) is 10.1. The Morgan fingerprint density at radius 3 is 2.40 bits per heavy atom. The largest absolute Gasteiger partial charge is 0.325 e. The molecule has 1 aliphatic rings. The molecular weight excluding hydrogens is 399 g/mol. The molecule has 1 fully saturated rings. The van der Waals surface area contributed by atoms with E-state index in [0.717, 1.165) is 54.7 Å². The third-order valence-corrected chi connectivity index (χ3v) is 6.05. The smallest absolute Gasteiger partial charge is 0.238 e. The second-order valence-electron chi connectivity index (χ2n) is 7.60. The zero-order valence-corrected chi connectivity index (χ0v) is 17.8. The van der Waals surface area contributed by atoms with Gasteiger partial charge < -0.3 is 5.32 Å². The minimum absolute atomic E-state index is 0.0242. The molecule has 4 rings (SSSR count). The summed E-state index contributed by atoms with van der Waals surface area (Å²) < 4.78 is 13.1. The first-order chi connectivity index (χ1) is 14.5. The Bertz CT molecular complexity index is 979. The number of hydrogen-bond acceptors (Lipinski definition) is 5. The summed E-state index contributed by atoms with van der Waals surface area (Å²) in [5.41, 5.74) is 3.84. The Balaban J connectivity index is 1.23. The van der Waals surface area contributed by atoms with Crippen LogP contribution in [0.4, 0.5) is 10.1 Å². The van der Waals surface area contributed by atoms with E-state index in [0.29, 0.717) is 6.54 Å². The number of thiazole rings is 1. The molecule has 1 N–H and O–H groups in total. The molecule has 0 unspecified atom stereocenters. The lowest BCUT2D eigenvalue weighted by molar-refractivity contribution is -0.117. The fourth-order valence-electron chi connectivity index (χ4n) is 3.47. The molecule has 2 aromatic carbocycles. The summed E-state index contributed by atoms with van der Waals surface area (Å²) in [4.78, 5) is 21.5. The number of hydrogen-bond donors (Lipinski definition) is 1. The second kappa shape index (κ2) is 9.47. The van der Waals surface area contributed by atoms with Gasteiger partial charge in [-0.15, -0.1) is 11.3 Å². The van der Waals surface area contributed by atoms with E-state index in [-0.39, 0.29) is 11.7 Å². The molecule has 3 aromatic rings. The van der Waals surface area contributed by atoms with Gasteiger partial charge >= 0.3 is 0 Å². The average Bonchev–Trinajstić information content (AvgIpc) is 3.20. The van der Waals surface area contributed by atoms with E-state index in [9.17, 15) is 9.18 Å². The molecule has 7 heteroatoms. The van der Waals surface area contributed by atoms with Crippen molar-refractivity contribution in [1.29, 1.82) is 0 Å². The lowest BCUT2D eigenvalue weighted by Crippen LogP contribution is -2.48. The summed E-state index contributed by atoms with van der Waals surface area (Å²) in [6, 6.07) is 14.3. The number of aromatic nitrogens is 1. The number of carbonyl (C=O) groups excluding carboxylic acids is 1. The van der Waals surface area contributed by atoms with Crippen molar-refractivity contribution in [3.8, 4) is 11.3 Å². The Morgan fingerprint density at radius 1 is 1.03 bits per heavy atom. The van der Waals surface area contributed by atoms with Crippen molar-refractivity contribution in [3.05, 3.63) is 70.3 Å². The van der Waals surface area contributed by atoms with Crippen molar-refractivity contribution in [1.82, 2.24) is 14.8 Å². The minimum atomic E-state index is -0.236. The molecule has 1 saturated heterocycles. The number of nitrogens with one attached hydrogen (secondary N) is 1. The van der Waals surface area contributed by atoms with Crippen LogP contribution in [0.25, 0.3) is 11.3 Å². The quantitative estimate of drug-likeness (QED) is 0.650. The number of aryl methyl sites for hydroxylation is 1. The normalized spacial score (nSPS) is 15.3. The maximum absolute atomic E-state index is 13.1. The number of nitrogens with zero attached hydrogens (tertiary/aromatic N) is 3. The van der Waals surface area contributed by atoms with Crippen LogP contribution in [0.2, 0.25) is 0 Å². The van der Waals surface area contributed by atoms with Gasteiger partial charge in [-0.05, 0) is 43.3 Å². The molecule has 156 valence electrons. The number of amides is 1. The van der Waals surface area contributed by atoms with E-state index in [1.807, 2.05) is 36.6 Å². The highest BCUT2D eigenvalue weighted by Gasteiger charge is 2.20. The van der Waals surface area contributed by atoms with Crippen LogP contribution < -0.4 is 5.32 Å². The summed E-state index contributed by atoms with van der Waals surface area (Å²) in [6.45, 7) is 6.77. The predicted molar refractivity (Wildman–Crippen MR) is 119 cm³/mol. The van der Waals surface area contributed by atoms with Crippen molar-refractivity contribution in [2.45, 2.75) is 13.5 Å². The molecule has 0 radical (unpaired) electrons. The number of piperazine rings is 1. The molecule has 0 saturated carbocycles. The Hall–Kier alpha value is -2.61. The molecule has 0 aliphatic carbocycles. The van der Waals surface area contributed by atoms with Gasteiger partial charge in [0.25, 0.3) is 0 Å². The Morgan fingerprint density at radius 2 is 1.70 bits per heavy atom. The molecule has 30 heavy (non-hydrogen) atoms. The van der Waals surface area contributed by atoms with E-state index in [2.05, 4.69) is 15.1 Å². The summed E-state index contributed by atoms with van der Waals surface area (Å²) in [5, 5.41) is 6.04. The first-order valence-corrected chi connectivity index (χ1v) is 10.9. The molecule has 0 atom stereocenters. The second-order valence-corrected chi connectivity index (χ2v) is 8.54. The number of rotatable bonds is 6. The summed E-state index contributed by atoms with van der Waals surface area (Å²) in [6.07, 6.45) is 0. The fraction of sp³-hybridized carbons (Fsp3) is 0.304. The molecule has 0 spiro atoms. The highest BCUT2D eigenvalue weighted by Crippen LogP contribution is 2.23.